The molecular weight excluding hydrogens is 250 g/mol. The Bertz CT molecular complexity index is 549. The van der Waals surface area contributed by atoms with Crippen molar-refractivity contribution in [1.29, 1.82) is 0 Å². The van der Waals surface area contributed by atoms with Gasteiger partial charge in [0.2, 0.25) is 0 Å². The van der Waals surface area contributed by atoms with Gasteiger partial charge in [-0.2, -0.15) is 0 Å². The van der Waals surface area contributed by atoms with Gasteiger partial charge in [0.15, 0.2) is 0 Å². The average Bonchev–Trinajstić information content (AvgIpc) is 2.47. The number of benzene rings is 2. The lowest BCUT2D eigenvalue weighted by molar-refractivity contribution is 0.302. The van der Waals surface area contributed by atoms with Crippen LogP contribution in [0.4, 0.5) is 0 Å². The molecule has 0 aliphatic rings. The van der Waals surface area contributed by atoms with Gasteiger partial charge in [-0.25, -0.2) is 0 Å². The van der Waals surface area contributed by atoms with Crippen molar-refractivity contribution < 1.29 is 9.47 Å². The SMILES string of the molecule is COc1ccc(COc2ccc(C)cc2CCN)cc1. The molecule has 0 unspecified atom stereocenters. The molecule has 2 N–H and O–H groups in total. The van der Waals surface area contributed by atoms with E-state index in [0.717, 1.165) is 23.5 Å². The molecule has 2 aromatic rings. The van der Waals surface area contributed by atoms with Crippen LogP contribution in [0.25, 0.3) is 0 Å². The molecule has 0 atom stereocenters. The van der Waals surface area contributed by atoms with E-state index in [-0.39, 0.29) is 0 Å². The molecule has 0 heterocycles. The number of aryl methyl sites for hydroxylation is 1. The molecule has 0 bridgehead atoms. The Morgan fingerprint density at radius 2 is 1.80 bits per heavy atom. The largest absolute Gasteiger partial charge is 0.497 e. The zero-order chi connectivity index (χ0) is 14.4. The summed E-state index contributed by atoms with van der Waals surface area (Å²) in [7, 11) is 1.66. The van der Waals surface area contributed by atoms with Gasteiger partial charge < -0.3 is 15.2 Å². The van der Waals surface area contributed by atoms with Crippen molar-refractivity contribution >= 4 is 0 Å². The highest BCUT2D eigenvalue weighted by atomic mass is 16.5. The van der Waals surface area contributed by atoms with Crippen molar-refractivity contribution in [3.8, 4) is 11.5 Å². The lowest BCUT2D eigenvalue weighted by Crippen LogP contribution is -2.06. The second-order valence-corrected chi connectivity index (χ2v) is 4.79. The monoisotopic (exact) mass is 271 g/mol. The molecule has 0 spiro atoms. The van der Waals surface area contributed by atoms with Crippen molar-refractivity contribution in [1.82, 2.24) is 0 Å². The summed E-state index contributed by atoms with van der Waals surface area (Å²) in [5.41, 5.74) is 9.16. The lowest BCUT2D eigenvalue weighted by atomic mass is 10.1. The third-order valence-electron chi connectivity index (χ3n) is 3.18. The molecule has 0 amide bonds. The third kappa shape index (κ3) is 3.75. The van der Waals surface area contributed by atoms with Gasteiger partial charge in [0.05, 0.1) is 7.11 Å². The molecule has 20 heavy (non-hydrogen) atoms. The Labute approximate surface area is 120 Å². The molecule has 3 heteroatoms. The van der Waals surface area contributed by atoms with Crippen LogP contribution in [-0.4, -0.2) is 13.7 Å². The summed E-state index contributed by atoms with van der Waals surface area (Å²) >= 11 is 0. The Kier molecular flexibility index (Phi) is 5.02. The minimum atomic E-state index is 0.546. The fourth-order valence-electron chi connectivity index (χ4n) is 2.08. The standard InChI is InChI=1S/C17H21NO2/c1-13-3-8-17(15(11-13)9-10-18)20-12-14-4-6-16(19-2)7-5-14/h3-8,11H,9-10,12,18H2,1-2H3. The summed E-state index contributed by atoms with van der Waals surface area (Å²) in [6.07, 6.45) is 0.833. The molecular formula is C17H21NO2. The van der Waals surface area contributed by atoms with E-state index < -0.39 is 0 Å². The van der Waals surface area contributed by atoms with Gasteiger partial charge >= 0.3 is 0 Å². The summed E-state index contributed by atoms with van der Waals surface area (Å²) in [6.45, 7) is 3.25. The minimum absolute atomic E-state index is 0.546. The second kappa shape index (κ2) is 6.96. The molecule has 2 aromatic carbocycles. The van der Waals surface area contributed by atoms with Crippen molar-refractivity contribution in [2.75, 3.05) is 13.7 Å². The second-order valence-electron chi connectivity index (χ2n) is 4.79. The molecule has 0 aliphatic carbocycles. The van der Waals surface area contributed by atoms with Crippen LogP contribution < -0.4 is 15.2 Å². The van der Waals surface area contributed by atoms with Crippen LogP contribution in [-0.2, 0) is 13.0 Å². The van der Waals surface area contributed by atoms with E-state index >= 15 is 0 Å². The van der Waals surface area contributed by atoms with E-state index in [2.05, 4.69) is 19.1 Å². The third-order valence-corrected chi connectivity index (χ3v) is 3.18. The highest BCUT2D eigenvalue weighted by molar-refractivity contribution is 5.37. The van der Waals surface area contributed by atoms with Crippen LogP contribution in [0.1, 0.15) is 16.7 Å². The van der Waals surface area contributed by atoms with E-state index in [9.17, 15) is 0 Å². The Morgan fingerprint density at radius 1 is 1.05 bits per heavy atom. The zero-order valence-electron chi connectivity index (χ0n) is 12.1. The predicted octanol–water partition coefficient (Wildman–Crippen LogP) is 3.08. The van der Waals surface area contributed by atoms with Gasteiger partial charge in [-0.05, 0) is 49.2 Å². The van der Waals surface area contributed by atoms with Gasteiger partial charge in [-0.1, -0.05) is 29.8 Å². The lowest BCUT2D eigenvalue weighted by Gasteiger charge is -2.12. The summed E-state index contributed by atoms with van der Waals surface area (Å²) in [5, 5.41) is 0. The molecule has 2 rings (SSSR count). The van der Waals surface area contributed by atoms with E-state index in [4.69, 9.17) is 15.2 Å². The highest BCUT2D eigenvalue weighted by Crippen LogP contribution is 2.22. The maximum atomic E-state index is 5.91. The molecule has 0 radical (unpaired) electrons. The number of hydrogen-bond acceptors (Lipinski definition) is 3. The number of rotatable bonds is 6. The van der Waals surface area contributed by atoms with Crippen LogP contribution in [0.3, 0.4) is 0 Å². The molecule has 0 fully saturated rings. The Morgan fingerprint density at radius 3 is 2.45 bits per heavy atom. The van der Waals surface area contributed by atoms with Gasteiger partial charge in [0.1, 0.15) is 18.1 Å². The highest BCUT2D eigenvalue weighted by Gasteiger charge is 2.04. The zero-order valence-corrected chi connectivity index (χ0v) is 12.1. The van der Waals surface area contributed by atoms with E-state index in [1.807, 2.05) is 30.3 Å². The van der Waals surface area contributed by atoms with Gasteiger partial charge in [-0.15, -0.1) is 0 Å². The number of ether oxygens (including phenoxy) is 2. The molecule has 0 aliphatic heterocycles. The average molecular weight is 271 g/mol. The van der Waals surface area contributed by atoms with Crippen molar-refractivity contribution in [3.05, 3.63) is 59.2 Å². The molecule has 0 saturated carbocycles. The van der Waals surface area contributed by atoms with Crippen LogP contribution in [0.5, 0.6) is 11.5 Å². The first kappa shape index (κ1) is 14.4. The molecule has 106 valence electrons. The quantitative estimate of drug-likeness (QED) is 0.878. The predicted molar refractivity (Wildman–Crippen MR) is 81.3 cm³/mol. The van der Waals surface area contributed by atoms with Gasteiger partial charge in [0, 0.05) is 0 Å². The van der Waals surface area contributed by atoms with Gasteiger partial charge in [-0.3, -0.25) is 0 Å². The van der Waals surface area contributed by atoms with Crippen LogP contribution in [0.2, 0.25) is 0 Å². The minimum Gasteiger partial charge on any atom is -0.497 e. The normalized spacial score (nSPS) is 10.3. The van der Waals surface area contributed by atoms with E-state index in [0.29, 0.717) is 13.2 Å². The first-order valence-electron chi connectivity index (χ1n) is 6.78. The summed E-state index contributed by atoms with van der Waals surface area (Å²) < 4.78 is 11.0. The Balaban J connectivity index is 2.05. The van der Waals surface area contributed by atoms with Crippen molar-refractivity contribution in [2.45, 2.75) is 20.0 Å². The number of nitrogens with two attached hydrogens (primary N) is 1. The van der Waals surface area contributed by atoms with E-state index in [1.54, 1.807) is 7.11 Å². The fourth-order valence-corrected chi connectivity index (χ4v) is 2.08. The molecule has 0 aromatic heterocycles. The van der Waals surface area contributed by atoms with Crippen molar-refractivity contribution in [2.24, 2.45) is 5.73 Å². The molecule has 0 saturated heterocycles. The molecule has 3 nitrogen and oxygen atoms in total. The van der Waals surface area contributed by atoms with Crippen LogP contribution >= 0.6 is 0 Å². The maximum absolute atomic E-state index is 5.91. The number of hydrogen-bond donors (Lipinski definition) is 1. The van der Waals surface area contributed by atoms with Gasteiger partial charge in [0.25, 0.3) is 0 Å². The number of methoxy groups -OCH3 is 1. The summed E-state index contributed by atoms with van der Waals surface area (Å²) in [6, 6.07) is 14.1. The first-order valence-corrected chi connectivity index (χ1v) is 6.78. The Hall–Kier alpha value is -2.00. The van der Waals surface area contributed by atoms with Crippen LogP contribution in [0, 0.1) is 6.92 Å². The smallest absolute Gasteiger partial charge is 0.123 e. The summed E-state index contributed by atoms with van der Waals surface area (Å²) in [5.74, 6) is 1.77. The van der Waals surface area contributed by atoms with Crippen LogP contribution in [0.15, 0.2) is 42.5 Å². The van der Waals surface area contributed by atoms with Crippen molar-refractivity contribution in [3.63, 3.8) is 0 Å². The topological polar surface area (TPSA) is 44.5 Å². The fraction of sp³-hybridized carbons (Fsp3) is 0.294. The summed E-state index contributed by atoms with van der Waals surface area (Å²) in [4.78, 5) is 0. The maximum Gasteiger partial charge on any atom is 0.123 e. The first-order chi connectivity index (χ1) is 9.72. The van der Waals surface area contributed by atoms with E-state index in [1.165, 1.54) is 11.1 Å².